The van der Waals surface area contributed by atoms with E-state index in [4.69, 9.17) is 0 Å². The number of thiazole rings is 1. The number of aromatic nitrogens is 2. The van der Waals surface area contributed by atoms with E-state index < -0.39 is 10.8 Å². The van der Waals surface area contributed by atoms with E-state index in [-0.39, 0.29) is 5.75 Å². The molecule has 1 atom stereocenters. The molecular weight excluding hydrogens is 164 g/mol. The van der Waals surface area contributed by atoms with Gasteiger partial charge in [-0.3, -0.25) is 0 Å². The van der Waals surface area contributed by atoms with Crippen LogP contribution in [0.1, 0.15) is 0 Å². The molecule has 0 spiro atoms. The molecule has 0 saturated heterocycles. The van der Waals surface area contributed by atoms with Gasteiger partial charge in [-0.15, -0.1) is 0 Å². The van der Waals surface area contributed by atoms with E-state index in [1.165, 1.54) is 17.8 Å². The molecule has 2 heterocycles. The zero-order valence-corrected chi connectivity index (χ0v) is 6.21. The molecule has 0 amide bonds. The van der Waals surface area contributed by atoms with Gasteiger partial charge < -0.3 is 9.66 Å². The van der Waals surface area contributed by atoms with Crippen LogP contribution in [0.4, 0.5) is 0 Å². The third kappa shape index (κ3) is 0.856. The third-order valence-corrected chi connectivity index (χ3v) is 2.43. The van der Waals surface area contributed by atoms with E-state index in [1.807, 2.05) is 0 Å². The monoisotopic (exact) mass is 168 g/mol. The van der Waals surface area contributed by atoms with E-state index in [1.54, 1.807) is 0 Å². The summed E-state index contributed by atoms with van der Waals surface area (Å²) in [6.07, 6.45) is 1.42. The number of rotatable bonds is 0. The maximum atomic E-state index is 11.0. The largest absolute Gasteiger partial charge is 0.589 e. The van der Waals surface area contributed by atoms with Crippen LogP contribution in [0, 0.1) is 0 Å². The summed E-state index contributed by atoms with van der Waals surface area (Å²) in [5.41, 5.74) is 1.61. The molecule has 0 aromatic carbocycles. The fourth-order valence-electron chi connectivity index (χ4n) is 0.863. The normalized spacial score (nSPS) is 12.3. The summed E-state index contributed by atoms with van der Waals surface area (Å²) in [5, 5.41) is 9.19. The van der Waals surface area contributed by atoms with Crippen LogP contribution in [0.25, 0.3) is 10.3 Å². The van der Waals surface area contributed by atoms with Gasteiger partial charge in [0.05, 0.1) is 0 Å². The van der Waals surface area contributed by atoms with Gasteiger partial charge in [-0.05, 0) is 10.8 Å². The van der Waals surface area contributed by atoms with Gasteiger partial charge in [0.2, 0.25) is 11.2 Å². The van der Waals surface area contributed by atoms with Crippen molar-refractivity contribution in [1.82, 2.24) is 9.97 Å². The zero-order chi connectivity index (χ0) is 7.84. The third-order valence-electron chi connectivity index (χ3n) is 1.34. The predicted molar refractivity (Wildman–Crippen MR) is 39.9 cm³/mol. The van der Waals surface area contributed by atoms with Gasteiger partial charge in [0, 0.05) is 12.3 Å². The zero-order valence-electron chi connectivity index (χ0n) is 5.39. The Bertz CT molecular complexity index is 398. The lowest BCUT2D eigenvalue weighted by Gasteiger charge is -1.89. The number of pyridine rings is 1. The molecule has 1 unspecified atom stereocenters. The van der Waals surface area contributed by atoms with Crippen LogP contribution in [0.3, 0.4) is 0 Å². The average molecular weight is 168 g/mol. The van der Waals surface area contributed by atoms with Crippen molar-refractivity contribution in [3.8, 4) is 5.75 Å². The summed E-state index contributed by atoms with van der Waals surface area (Å²) in [4.78, 5) is 7.56. The molecule has 2 aromatic heterocycles. The molecule has 2 rings (SSSR count). The Kier molecular flexibility index (Phi) is 1.27. The van der Waals surface area contributed by atoms with Gasteiger partial charge in [-0.1, -0.05) is 0 Å². The van der Waals surface area contributed by atoms with Crippen molar-refractivity contribution < 1.29 is 9.66 Å². The highest BCUT2D eigenvalue weighted by molar-refractivity contribution is 7.29. The summed E-state index contributed by atoms with van der Waals surface area (Å²) < 4.78 is 11.4. The molecule has 11 heavy (non-hydrogen) atoms. The minimum absolute atomic E-state index is 0.00849. The highest BCUT2D eigenvalue weighted by Crippen LogP contribution is 2.31. The molecular formula is C6H4N2O2S. The first-order chi connectivity index (χ1) is 5.29. The van der Waals surface area contributed by atoms with Gasteiger partial charge in [-0.25, -0.2) is 4.98 Å². The van der Waals surface area contributed by atoms with Gasteiger partial charge in [0.25, 0.3) is 4.70 Å². The van der Waals surface area contributed by atoms with Crippen LogP contribution in [-0.4, -0.2) is 19.6 Å². The van der Waals surface area contributed by atoms with Crippen molar-refractivity contribution in [1.29, 1.82) is 0 Å². The van der Waals surface area contributed by atoms with Crippen LogP contribution in [0.15, 0.2) is 17.8 Å². The molecule has 2 aromatic rings. The number of aromatic hydroxyl groups is 1. The Labute approximate surface area is 65.0 Å². The van der Waals surface area contributed by atoms with Crippen molar-refractivity contribution in [3.63, 3.8) is 0 Å². The van der Waals surface area contributed by atoms with Gasteiger partial charge >= 0.3 is 0 Å². The first-order valence-electron chi connectivity index (χ1n) is 2.92. The molecule has 0 aliphatic carbocycles. The van der Waals surface area contributed by atoms with Gasteiger partial charge in [0.1, 0.15) is 0 Å². The lowest BCUT2D eigenvalue weighted by atomic mass is 10.4. The maximum Gasteiger partial charge on any atom is 0.260 e. The van der Waals surface area contributed by atoms with Crippen molar-refractivity contribution in [2.45, 2.75) is 0 Å². The number of nitrogens with zero attached hydrogens (tertiary/aromatic N) is 2. The van der Waals surface area contributed by atoms with Crippen LogP contribution < -0.4 is 0 Å². The summed E-state index contributed by atoms with van der Waals surface area (Å²) in [7, 11) is -1.31. The number of fused-ring (bicyclic) bond motifs is 1. The van der Waals surface area contributed by atoms with Crippen molar-refractivity contribution in [2.24, 2.45) is 0 Å². The van der Waals surface area contributed by atoms with Crippen LogP contribution in [0.2, 0.25) is 0 Å². The highest BCUT2D eigenvalue weighted by Gasteiger charge is 2.11. The highest BCUT2D eigenvalue weighted by atomic mass is 32.2. The topological polar surface area (TPSA) is 69.1 Å². The second kappa shape index (κ2) is 2.14. The smallest absolute Gasteiger partial charge is 0.260 e. The Hall–Kier alpha value is -1.20. The quantitative estimate of drug-likeness (QED) is 0.597. The van der Waals surface area contributed by atoms with Gasteiger partial charge in [0.15, 0.2) is 5.75 Å². The van der Waals surface area contributed by atoms with Crippen LogP contribution in [0.5, 0.6) is 5.75 Å². The lowest BCUT2D eigenvalue weighted by Crippen LogP contribution is -1.73. The number of hydrogen-bond acceptors (Lipinski definition) is 4. The molecule has 5 heteroatoms. The molecule has 0 aliphatic rings. The Morgan fingerprint density at radius 3 is 3.00 bits per heavy atom. The Morgan fingerprint density at radius 1 is 1.45 bits per heavy atom. The van der Waals surface area contributed by atoms with E-state index >= 15 is 0 Å². The molecule has 0 bridgehead atoms. The predicted octanol–water partition coefficient (Wildman–Crippen LogP) is 1.06. The lowest BCUT2D eigenvalue weighted by molar-refractivity contribution is 0.481. The van der Waals surface area contributed by atoms with E-state index in [0.717, 1.165) is 0 Å². The molecule has 0 aliphatic heterocycles. The summed E-state index contributed by atoms with van der Waals surface area (Å²) in [5.74, 6) is -0.00849. The van der Waals surface area contributed by atoms with Crippen molar-refractivity contribution in [2.75, 3.05) is 0 Å². The second-order valence-corrected chi connectivity index (χ2v) is 3.23. The number of hydrogen-bond donors (Lipinski definition) is 1. The van der Waals surface area contributed by atoms with E-state index in [2.05, 4.69) is 9.97 Å². The minimum atomic E-state index is -1.31. The molecule has 4 nitrogen and oxygen atoms in total. The first-order valence-corrected chi connectivity index (χ1v) is 4.13. The second-order valence-electron chi connectivity index (χ2n) is 2.01. The van der Waals surface area contributed by atoms with E-state index in [0.29, 0.717) is 10.3 Å². The molecule has 56 valence electrons. The minimum Gasteiger partial charge on any atom is -0.589 e. The van der Waals surface area contributed by atoms with Crippen LogP contribution in [-0.2, 0) is 0 Å². The molecule has 1 N–H and O–H groups in total. The summed E-state index contributed by atoms with van der Waals surface area (Å²) in [6.45, 7) is 0. The fourth-order valence-corrected chi connectivity index (χ4v) is 1.72. The molecule has 0 radical (unpaired) electrons. The van der Waals surface area contributed by atoms with E-state index in [9.17, 15) is 9.66 Å². The Morgan fingerprint density at radius 2 is 2.27 bits per heavy atom. The van der Waals surface area contributed by atoms with Gasteiger partial charge in [-0.2, -0.15) is 4.98 Å². The molecule has 0 saturated carbocycles. The van der Waals surface area contributed by atoms with Crippen LogP contribution >= 0.6 is 10.8 Å². The van der Waals surface area contributed by atoms with Crippen molar-refractivity contribution >= 4 is 21.1 Å². The fraction of sp³-hybridized carbons (Fsp3) is 0. The molecule has 0 fully saturated rings. The average Bonchev–Trinajstić information content (AvgIpc) is 2.34. The Balaban J connectivity index is 2.96. The summed E-state index contributed by atoms with van der Waals surface area (Å²) >= 11 is 0. The maximum absolute atomic E-state index is 11.0. The standard InChI is InChI=1S/C6H4N2O2S/c9-4-1-2-7-6-5(4)11(10)3-8-6/h1-3H,(H,7,9). The van der Waals surface area contributed by atoms with Crippen molar-refractivity contribution in [3.05, 3.63) is 17.8 Å². The SMILES string of the molecule is [O-][s+]1cnc2nccc(O)c21. The summed E-state index contributed by atoms with van der Waals surface area (Å²) in [6, 6.07) is 1.39. The first kappa shape index (κ1) is 6.51.